The van der Waals surface area contributed by atoms with Crippen LogP contribution in [0.5, 0.6) is 0 Å². The van der Waals surface area contributed by atoms with E-state index < -0.39 is 6.04 Å². The maximum absolute atomic E-state index is 13.4. The zero-order chi connectivity index (χ0) is 22.9. The molecule has 0 bridgehead atoms. The van der Waals surface area contributed by atoms with E-state index in [0.717, 1.165) is 42.7 Å². The Labute approximate surface area is 196 Å². The summed E-state index contributed by atoms with van der Waals surface area (Å²) in [6.45, 7) is 3.28. The van der Waals surface area contributed by atoms with Crippen molar-refractivity contribution in [2.75, 3.05) is 13.1 Å². The first-order valence-electron chi connectivity index (χ1n) is 12.7. The van der Waals surface area contributed by atoms with Gasteiger partial charge >= 0.3 is 0 Å². The van der Waals surface area contributed by atoms with E-state index in [0.29, 0.717) is 30.8 Å². The number of hydrogen-bond acceptors (Lipinski definition) is 5. The van der Waals surface area contributed by atoms with Crippen molar-refractivity contribution >= 4 is 17.7 Å². The first-order chi connectivity index (χ1) is 16.0. The molecule has 3 heterocycles. The SMILES string of the molecule is NC(CC1CCCN(Cc2cccc3c2C(=O)N(C2CCC(=O)NC2=O)C3)C1)C1CCCC1. The maximum Gasteiger partial charge on any atom is 0.255 e. The molecule has 1 aromatic rings. The lowest BCUT2D eigenvalue weighted by Gasteiger charge is -2.35. The Morgan fingerprint density at radius 2 is 1.88 bits per heavy atom. The molecule has 7 heteroatoms. The van der Waals surface area contributed by atoms with Crippen LogP contribution in [0.15, 0.2) is 18.2 Å². The topological polar surface area (TPSA) is 95.7 Å². The number of carbonyl (C=O) groups is 3. The van der Waals surface area contributed by atoms with E-state index in [1.54, 1.807) is 4.90 Å². The predicted molar refractivity (Wildman–Crippen MR) is 125 cm³/mol. The highest BCUT2D eigenvalue weighted by atomic mass is 16.2. The van der Waals surface area contributed by atoms with Crippen LogP contribution in [0.25, 0.3) is 0 Å². The molecule has 3 N–H and O–H groups in total. The number of piperidine rings is 2. The Bertz CT molecular complexity index is 926. The molecule has 178 valence electrons. The lowest BCUT2D eigenvalue weighted by atomic mass is 9.85. The van der Waals surface area contributed by atoms with Crippen molar-refractivity contribution in [3.05, 3.63) is 34.9 Å². The van der Waals surface area contributed by atoms with Crippen LogP contribution in [0, 0.1) is 11.8 Å². The van der Waals surface area contributed by atoms with Gasteiger partial charge in [0.15, 0.2) is 0 Å². The average Bonchev–Trinajstić information content (AvgIpc) is 3.43. The summed E-state index contributed by atoms with van der Waals surface area (Å²) in [5, 5.41) is 2.38. The molecule has 1 saturated carbocycles. The van der Waals surface area contributed by atoms with Crippen molar-refractivity contribution in [2.45, 2.75) is 83.0 Å². The summed E-state index contributed by atoms with van der Waals surface area (Å²) in [5.41, 5.74) is 9.37. The molecule has 33 heavy (non-hydrogen) atoms. The molecule has 3 fully saturated rings. The Balaban J connectivity index is 1.25. The zero-order valence-electron chi connectivity index (χ0n) is 19.4. The molecule has 5 rings (SSSR count). The highest BCUT2D eigenvalue weighted by molar-refractivity contribution is 6.05. The molecular weight excluding hydrogens is 416 g/mol. The van der Waals surface area contributed by atoms with Gasteiger partial charge in [-0.1, -0.05) is 31.0 Å². The van der Waals surface area contributed by atoms with Crippen molar-refractivity contribution in [3.8, 4) is 0 Å². The number of fused-ring (bicyclic) bond motifs is 1. The second-order valence-electron chi connectivity index (χ2n) is 10.5. The summed E-state index contributed by atoms with van der Waals surface area (Å²) in [6.07, 6.45) is 9.45. The van der Waals surface area contributed by atoms with Gasteiger partial charge in [0.1, 0.15) is 6.04 Å². The van der Waals surface area contributed by atoms with Gasteiger partial charge in [0, 0.05) is 37.7 Å². The zero-order valence-corrected chi connectivity index (χ0v) is 19.4. The van der Waals surface area contributed by atoms with Gasteiger partial charge in [-0.2, -0.15) is 0 Å². The third-order valence-electron chi connectivity index (χ3n) is 8.25. The number of benzene rings is 1. The fourth-order valence-electron chi connectivity index (χ4n) is 6.51. The van der Waals surface area contributed by atoms with Crippen LogP contribution in [0.1, 0.15) is 79.3 Å². The van der Waals surface area contributed by atoms with E-state index in [9.17, 15) is 14.4 Å². The van der Waals surface area contributed by atoms with Gasteiger partial charge in [0.05, 0.1) is 0 Å². The summed E-state index contributed by atoms with van der Waals surface area (Å²) in [4.78, 5) is 41.4. The highest BCUT2D eigenvalue weighted by Crippen LogP contribution is 2.33. The highest BCUT2D eigenvalue weighted by Gasteiger charge is 2.40. The molecule has 2 saturated heterocycles. The monoisotopic (exact) mass is 452 g/mol. The molecule has 4 aliphatic rings. The number of nitrogens with two attached hydrogens (primary N) is 1. The molecular formula is C26H36N4O3. The average molecular weight is 453 g/mol. The first-order valence-corrected chi connectivity index (χ1v) is 12.7. The maximum atomic E-state index is 13.4. The van der Waals surface area contributed by atoms with Gasteiger partial charge in [-0.3, -0.25) is 24.6 Å². The van der Waals surface area contributed by atoms with Gasteiger partial charge < -0.3 is 10.6 Å². The van der Waals surface area contributed by atoms with Gasteiger partial charge in [-0.15, -0.1) is 0 Å². The smallest absolute Gasteiger partial charge is 0.255 e. The summed E-state index contributed by atoms with van der Waals surface area (Å²) >= 11 is 0. The Morgan fingerprint density at radius 3 is 2.67 bits per heavy atom. The van der Waals surface area contributed by atoms with Crippen molar-refractivity contribution in [1.82, 2.24) is 15.1 Å². The van der Waals surface area contributed by atoms with Crippen LogP contribution in [0.4, 0.5) is 0 Å². The van der Waals surface area contributed by atoms with E-state index in [4.69, 9.17) is 5.73 Å². The number of likely N-dealkylation sites (tertiary alicyclic amines) is 1. The second-order valence-corrected chi connectivity index (χ2v) is 10.5. The molecule has 3 unspecified atom stereocenters. The number of imide groups is 1. The number of hydrogen-bond donors (Lipinski definition) is 2. The van der Waals surface area contributed by atoms with Crippen molar-refractivity contribution in [2.24, 2.45) is 17.6 Å². The number of carbonyl (C=O) groups excluding carboxylic acids is 3. The number of nitrogens with one attached hydrogen (secondary N) is 1. The van der Waals surface area contributed by atoms with E-state index in [2.05, 4.69) is 16.3 Å². The van der Waals surface area contributed by atoms with E-state index in [1.165, 1.54) is 38.5 Å². The number of rotatable bonds is 6. The minimum atomic E-state index is -0.563. The van der Waals surface area contributed by atoms with E-state index >= 15 is 0 Å². The quantitative estimate of drug-likeness (QED) is 0.647. The Morgan fingerprint density at radius 1 is 1.06 bits per heavy atom. The third kappa shape index (κ3) is 4.71. The van der Waals surface area contributed by atoms with Gasteiger partial charge in [0.2, 0.25) is 11.8 Å². The molecule has 1 aromatic carbocycles. The minimum absolute atomic E-state index is 0.0769. The summed E-state index contributed by atoms with van der Waals surface area (Å²) in [6, 6.07) is 5.82. The molecule has 3 amide bonds. The summed E-state index contributed by atoms with van der Waals surface area (Å²) < 4.78 is 0. The van der Waals surface area contributed by atoms with Gasteiger partial charge in [0.25, 0.3) is 5.91 Å². The molecule has 3 atom stereocenters. The van der Waals surface area contributed by atoms with Crippen LogP contribution >= 0.6 is 0 Å². The van der Waals surface area contributed by atoms with Crippen LogP contribution in [0.2, 0.25) is 0 Å². The Hall–Kier alpha value is -2.25. The van der Waals surface area contributed by atoms with E-state index in [-0.39, 0.29) is 24.1 Å². The molecule has 0 radical (unpaired) electrons. The van der Waals surface area contributed by atoms with Crippen LogP contribution < -0.4 is 11.1 Å². The minimum Gasteiger partial charge on any atom is -0.327 e. The molecule has 1 aliphatic carbocycles. The van der Waals surface area contributed by atoms with Crippen molar-refractivity contribution in [3.63, 3.8) is 0 Å². The van der Waals surface area contributed by atoms with Crippen LogP contribution in [-0.4, -0.2) is 52.7 Å². The first kappa shape index (κ1) is 22.5. The van der Waals surface area contributed by atoms with E-state index in [1.807, 2.05) is 12.1 Å². The largest absolute Gasteiger partial charge is 0.327 e. The third-order valence-corrected chi connectivity index (χ3v) is 8.25. The second kappa shape index (κ2) is 9.55. The van der Waals surface area contributed by atoms with Crippen LogP contribution in [0.3, 0.4) is 0 Å². The lowest BCUT2D eigenvalue weighted by molar-refractivity contribution is -0.136. The molecule has 7 nitrogen and oxygen atoms in total. The summed E-state index contributed by atoms with van der Waals surface area (Å²) in [7, 11) is 0. The fourth-order valence-corrected chi connectivity index (χ4v) is 6.51. The number of nitrogens with zero attached hydrogens (tertiary/aromatic N) is 2. The molecule has 3 aliphatic heterocycles. The van der Waals surface area contributed by atoms with Crippen LogP contribution in [-0.2, 0) is 22.7 Å². The lowest BCUT2D eigenvalue weighted by Crippen LogP contribution is -2.52. The molecule has 0 aromatic heterocycles. The van der Waals surface area contributed by atoms with Gasteiger partial charge in [-0.25, -0.2) is 0 Å². The fraction of sp³-hybridized carbons (Fsp3) is 0.654. The normalized spacial score (nSPS) is 27.7. The van der Waals surface area contributed by atoms with Crippen molar-refractivity contribution in [1.29, 1.82) is 0 Å². The summed E-state index contributed by atoms with van der Waals surface area (Å²) in [5.74, 6) is 0.641. The predicted octanol–water partition coefficient (Wildman–Crippen LogP) is 2.57. The standard InChI is InChI=1S/C26H36N4O3/c27-21(18-6-1-2-7-18)13-17-5-4-12-29(14-17)15-19-8-3-9-20-16-30(26(33)24(19)20)22-10-11-23(31)28-25(22)32/h3,8-9,17-18,21-22H,1-2,4-7,10-16,27H2,(H,28,31,32). The Kier molecular flexibility index (Phi) is 6.52. The number of amides is 3. The van der Waals surface area contributed by atoms with Crippen molar-refractivity contribution < 1.29 is 14.4 Å². The molecule has 0 spiro atoms. The van der Waals surface area contributed by atoms with Gasteiger partial charge in [-0.05, 0) is 68.0 Å².